The second kappa shape index (κ2) is 6.73. The van der Waals surface area contributed by atoms with Gasteiger partial charge in [0.05, 0.1) is 16.6 Å². The molecule has 3 aromatic heterocycles. The predicted molar refractivity (Wildman–Crippen MR) is 98.6 cm³/mol. The number of aromatic nitrogens is 5. The number of hydrogen-bond donors (Lipinski definition) is 1. The van der Waals surface area contributed by atoms with E-state index >= 15 is 0 Å². The van der Waals surface area contributed by atoms with Crippen LogP contribution in [0.3, 0.4) is 0 Å². The fourth-order valence-corrected chi connectivity index (χ4v) is 2.91. The molecule has 0 aliphatic carbocycles. The molecule has 1 N–H and O–H groups in total. The van der Waals surface area contributed by atoms with Crippen LogP contribution in [0.1, 0.15) is 11.4 Å². The van der Waals surface area contributed by atoms with E-state index in [9.17, 15) is 18.0 Å². The maximum Gasteiger partial charge on any atom is 0.416 e. The van der Waals surface area contributed by atoms with Gasteiger partial charge in [0.2, 0.25) is 5.88 Å². The van der Waals surface area contributed by atoms with E-state index in [1.54, 1.807) is 20.0 Å². The van der Waals surface area contributed by atoms with Crippen LogP contribution in [-0.4, -0.2) is 24.7 Å². The van der Waals surface area contributed by atoms with E-state index in [0.29, 0.717) is 28.2 Å². The third-order valence-electron chi connectivity index (χ3n) is 4.29. The van der Waals surface area contributed by atoms with Crippen LogP contribution in [0.4, 0.5) is 13.2 Å². The highest BCUT2D eigenvalue weighted by Gasteiger charge is 2.30. The van der Waals surface area contributed by atoms with Crippen molar-refractivity contribution in [1.82, 2.24) is 24.7 Å². The van der Waals surface area contributed by atoms with E-state index < -0.39 is 11.7 Å². The van der Waals surface area contributed by atoms with Crippen molar-refractivity contribution < 1.29 is 17.9 Å². The average Bonchev–Trinajstić information content (AvgIpc) is 3.09. The topological polar surface area (TPSA) is 85.7 Å². The van der Waals surface area contributed by atoms with Crippen molar-refractivity contribution in [1.29, 1.82) is 0 Å². The number of nitrogens with zero attached hydrogens (tertiary/aromatic N) is 4. The standard InChI is InChI=1S/C19H14F3N5O2/c1-10-23-14(17-18-13(25-26-17)7-8-16(28)27(18)2)9-15(24-10)29-12-5-3-11(4-6-12)19(20,21)22/h3-9H,1-2H3,(H,25,26). The molecule has 148 valence electrons. The number of fused-ring (bicyclic) bond motifs is 1. The number of pyridine rings is 1. The molecule has 0 bridgehead atoms. The Balaban J connectivity index is 1.72. The molecule has 0 saturated carbocycles. The smallest absolute Gasteiger partial charge is 0.416 e. The van der Waals surface area contributed by atoms with Gasteiger partial charge in [0.25, 0.3) is 5.56 Å². The minimum Gasteiger partial charge on any atom is -0.439 e. The number of aryl methyl sites for hydroxylation is 2. The molecule has 0 aliphatic heterocycles. The van der Waals surface area contributed by atoms with Crippen molar-refractivity contribution >= 4 is 11.0 Å². The van der Waals surface area contributed by atoms with E-state index in [0.717, 1.165) is 12.1 Å². The Hall–Kier alpha value is -3.69. The molecular weight excluding hydrogens is 387 g/mol. The van der Waals surface area contributed by atoms with E-state index in [1.165, 1.54) is 28.8 Å². The van der Waals surface area contributed by atoms with E-state index in [4.69, 9.17) is 4.74 Å². The fourth-order valence-electron chi connectivity index (χ4n) is 2.91. The molecule has 0 spiro atoms. The first-order chi connectivity index (χ1) is 13.7. The lowest BCUT2D eigenvalue weighted by molar-refractivity contribution is -0.137. The van der Waals surface area contributed by atoms with Gasteiger partial charge in [0.1, 0.15) is 23.0 Å². The van der Waals surface area contributed by atoms with Crippen molar-refractivity contribution in [2.45, 2.75) is 13.1 Å². The molecule has 0 amide bonds. The molecule has 0 aliphatic rings. The highest BCUT2D eigenvalue weighted by atomic mass is 19.4. The van der Waals surface area contributed by atoms with Crippen LogP contribution in [0, 0.1) is 6.92 Å². The monoisotopic (exact) mass is 401 g/mol. The Morgan fingerprint density at radius 1 is 1.07 bits per heavy atom. The molecule has 7 nitrogen and oxygen atoms in total. The highest BCUT2D eigenvalue weighted by Crippen LogP contribution is 2.32. The van der Waals surface area contributed by atoms with Crippen LogP contribution < -0.4 is 10.3 Å². The summed E-state index contributed by atoms with van der Waals surface area (Å²) in [5.41, 5.74) is 1.09. The van der Waals surface area contributed by atoms with Crippen LogP contribution in [0.5, 0.6) is 11.6 Å². The third-order valence-corrected chi connectivity index (χ3v) is 4.29. The first-order valence-corrected chi connectivity index (χ1v) is 8.47. The summed E-state index contributed by atoms with van der Waals surface area (Å²) >= 11 is 0. The van der Waals surface area contributed by atoms with Crippen molar-refractivity contribution in [3.63, 3.8) is 0 Å². The first-order valence-electron chi connectivity index (χ1n) is 8.47. The molecule has 0 atom stereocenters. The second-order valence-electron chi connectivity index (χ2n) is 6.33. The summed E-state index contributed by atoms with van der Waals surface area (Å²) in [6, 6.07) is 8.86. The zero-order valence-corrected chi connectivity index (χ0v) is 15.3. The molecule has 29 heavy (non-hydrogen) atoms. The van der Waals surface area contributed by atoms with Crippen molar-refractivity contribution in [3.8, 4) is 23.0 Å². The predicted octanol–water partition coefficient (Wildman–Crippen LogP) is 3.84. The molecule has 4 rings (SSSR count). The Morgan fingerprint density at radius 2 is 1.79 bits per heavy atom. The number of hydrogen-bond acceptors (Lipinski definition) is 5. The number of rotatable bonds is 3. The summed E-state index contributed by atoms with van der Waals surface area (Å²) in [6.45, 7) is 1.65. The summed E-state index contributed by atoms with van der Waals surface area (Å²) in [4.78, 5) is 20.5. The van der Waals surface area contributed by atoms with Gasteiger partial charge in [-0.25, -0.2) is 4.98 Å². The van der Waals surface area contributed by atoms with Crippen LogP contribution in [0.2, 0.25) is 0 Å². The van der Waals surface area contributed by atoms with Gasteiger partial charge in [-0.15, -0.1) is 0 Å². The van der Waals surface area contributed by atoms with Gasteiger partial charge in [-0.05, 0) is 37.3 Å². The maximum absolute atomic E-state index is 12.7. The Bertz CT molecular complexity index is 1260. The van der Waals surface area contributed by atoms with Crippen LogP contribution in [0.25, 0.3) is 22.4 Å². The minimum absolute atomic E-state index is 0.143. The molecule has 0 radical (unpaired) electrons. The Morgan fingerprint density at radius 3 is 2.48 bits per heavy atom. The van der Waals surface area contributed by atoms with Crippen LogP contribution in [0.15, 0.2) is 47.3 Å². The number of halogens is 3. The van der Waals surface area contributed by atoms with Crippen LogP contribution in [-0.2, 0) is 13.2 Å². The number of benzene rings is 1. The van der Waals surface area contributed by atoms with E-state index in [1.807, 2.05) is 0 Å². The zero-order chi connectivity index (χ0) is 20.8. The Labute approximate surface area is 161 Å². The summed E-state index contributed by atoms with van der Waals surface area (Å²) in [5, 5.41) is 7.09. The molecule has 10 heteroatoms. The van der Waals surface area contributed by atoms with Gasteiger partial charge in [-0.3, -0.25) is 9.89 Å². The first kappa shape index (κ1) is 18.7. The second-order valence-corrected chi connectivity index (χ2v) is 6.33. The molecule has 0 saturated heterocycles. The number of nitrogens with one attached hydrogen (secondary N) is 1. The van der Waals surface area contributed by atoms with Crippen molar-refractivity contribution in [2.24, 2.45) is 7.05 Å². The molecular formula is C19H14F3N5O2. The van der Waals surface area contributed by atoms with Crippen molar-refractivity contribution in [3.05, 3.63) is 64.2 Å². The molecule has 0 fully saturated rings. The van der Waals surface area contributed by atoms with Gasteiger partial charge in [0.15, 0.2) is 0 Å². The normalized spacial score (nSPS) is 11.8. The lowest BCUT2D eigenvalue weighted by Crippen LogP contribution is -2.15. The SMILES string of the molecule is Cc1nc(Oc2ccc(C(F)(F)F)cc2)cc(-c2n[nH]c3ccc(=O)n(C)c23)n1. The quantitative estimate of drug-likeness (QED) is 0.564. The molecule has 1 aromatic carbocycles. The summed E-state index contributed by atoms with van der Waals surface area (Å²) in [5.74, 6) is 0.715. The van der Waals surface area contributed by atoms with E-state index in [-0.39, 0.29) is 17.2 Å². The van der Waals surface area contributed by atoms with E-state index in [2.05, 4.69) is 20.2 Å². The summed E-state index contributed by atoms with van der Waals surface area (Å²) in [6.07, 6.45) is -4.42. The number of aromatic amines is 1. The maximum atomic E-state index is 12.7. The van der Waals surface area contributed by atoms with Gasteiger partial charge in [-0.1, -0.05) is 0 Å². The molecule has 3 heterocycles. The van der Waals surface area contributed by atoms with Gasteiger partial charge < -0.3 is 9.30 Å². The number of H-pyrrole nitrogens is 1. The average molecular weight is 401 g/mol. The van der Waals surface area contributed by atoms with Gasteiger partial charge >= 0.3 is 6.18 Å². The number of alkyl halides is 3. The Kier molecular flexibility index (Phi) is 4.33. The van der Waals surface area contributed by atoms with Crippen molar-refractivity contribution in [2.75, 3.05) is 0 Å². The fraction of sp³-hybridized carbons (Fsp3) is 0.158. The zero-order valence-electron chi connectivity index (χ0n) is 15.3. The van der Waals surface area contributed by atoms with Gasteiger partial charge in [-0.2, -0.15) is 23.3 Å². The summed E-state index contributed by atoms with van der Waals surface area (Å²) in [7, 11) is 1.62. The minimum atomic E-state index is -4.42. The lowest BCUT2D eigenvalue weighted by Gasteiger charge is -2.09. The molecule has 4 aromatic rings. The third kappa shape index (κ3) is 3.56. The number of ether oxygens (including phenoxy) is 1. The van der Waals surface area contributed by atoms with Crippen LogP contribution >= 0.6 is 0 Å². The molecule has 0 unspecified atom stereocenters. The highest BCUT2D eigenvalue weighted by molar-refractivity contribution is 5.88. The lowest BCUT2D eigenvalue weighted by atomic mass is 10.2. The largest absolute Gasteiger partial charge is 0.439 e. The van der Waals surface area contributed by atoms with Gasteiger partial charge in [0, 0.05) is 19.2 Å². The summed E-state index contributed by atoms with van der Waals surface area (Å²) < 4.78 is 45.2.